The van der Waals surface area contributed by atoms with Crippen LogP contribution in [0.3, 0.4) is 0 Å². The van der Waals surface area contributed by atoms with Crippen molar-refractivity contribution in [2.75, 3.05) is 0 Å². The molecule has 126 heavy (non-hydrogen) atoms. The van der Waals surface area contributed by atoms with Crippen LogP contribution in [0.1, 0.15) is 360 Å². The second kappa shape index (κ2) is 38.2. The highest BCUT2D eigenvalue weighted by atomic mass is 16.7. The van der Waals surface area contributed by atoms with Crippen molar-refractivity contribution in [3.05, 3.63) is 0 Å². The summed E-state index contributed by atoms with van der Waals surface area (Å²) in [4.78, 5) is 166. The van der Waals surface area contributed by atoms with Gasteiger partial charge in [0, 0.05) is 50.4 Å². The van der Waals surface area contributed by atoms with E-state index >= 15 is 0 Å². The van der Waals surface area contributed by atoms with Crippen molar-refractivity contribution in [1.82, 2.24) is 0 Å². The number of carbonyl (C=O) groups excluding carboxylic acids is 14. The van der Waals surface area contributed by atoms with Gasteiger partial charge in [-0.3, -0.25) is 67.1 Å². The molecule has 8 saturated carbocycles. The van der Waals surface area contributed by atoms with Crippen LogP contribution in [0, 0.1) is 92.2 Å². The van der Waals surface area contributed by atoms with E-state index in [1.807, 2.05) is 187 Å². The molecule has 0 spiro atoms. The lowest BCUT2D eigenvalue weighted by atomic mass is 9.71. The van der Waals surface area contributed by atoms with Gasteiger partial charge < -0.3 is 66.3 Å². The van der Waals surface area contributed by atoms with Crippen LogP contribution in [0.5, 0.6) is 0 Å². The van der Waals surface area contributed by atoms with E-state index in [1.54, 1.807) is 0 Å². The largest absolute Gasteiger partial charge is 0.458 e. The van der Waals surface area contributed by atoms with E-state index in [9.17, 15) is 67.1 Å². The molecule has 0 radical (unpaired) electrons. The average Bonchev–Trinajstić information content (AvgIpc) is 1.54. The van der Waals surface area contributed by atoms with Crippen molar-refractivity contribution in [2.24, 2.45) is 92.2 Å². The highest BCUT2D eigenvalue weighted by Gasteiger charge is 2.71. The second-order valence-electron chi connectivity index (χ2n) is 43.9. The SMILES string of the molecule is CCC(C)(C)C(=O)OC1(C)CCC2CC1(C)OC2=O.CCC(C)(C)C(=O)OC1(C)CCC2CC1OC2=O.CCC(C)(C)C(=O)OC1C2CC3CC2C(=O)OC31C.CCC(C)(C)C(=O)OC1CC2CCC1(C)OC2=O.CCC(C)(C)C(=O)OC1CCC2CC1(C)OC2=O.CCC(C)C(=O)OC1(C)CCC2CC1(C)OC2=O.CCC(C)C(=O)OC1CCC2CC1OC2=O. The molecule has 0 aromatic heterocycles. The third-order valence-electron chi connectivity index (χ3n) is 32.7. The van der Waals surface area contributed by atoms with E-state index in [0.717, 1.165) is 122 Å². The first-order valence-electron chi connectivity index (χ1n) is 47.3. The zero-order chi connectivity index (χ0) is 94.4. The Bertz CT molecular complexity index is 4030. The van der Waals surface area contributed by atoms with Gasteiger partial charge >= 0.3 is 83.6 Å². The number of rotatable bonds is 21. The van der Waals surface area contributed by atoms with Gasteiger partial charge in [-0.1, -0.05) is 62.3 Å². The first-order valence-corrected chi connectivity index (χ1v) is 47.3. The molecule has 25 unspecified atom stereocenters. The van der Waals surface area contributed by atoms with E-state index in [1.165, 1.54) is 0 Å². The molecule has 17 aliphatic rings. The Balaban J connectivity index is 0.000000166. The smallest absolute Gasteiger partial charge is 0.312 e. The Morgan fingerprint density at radius 3 is 1.30 bits per heavy atom. The van der Waals surface area contributed by atoms with Crippen LogP contribution in [0.25, 0.3) is 0 Å². The molecule has 0 aromatic carbocycles. The molecule has 712 valence electrons. The van der Waals surface area contributed by atoms with Gasteiger partial charge in [-0.25, -0.2) is 0 Å². The minimum Gasteiger partial charge on any atom is -0.458 e. The quantitative estimate of drug-likeness (QED) is 0.0761. The summed E-state index contributed by atoms with van der Waals surface area (Å²) in [6.45, 7) is 51.4. The molecule has 9 saturated heterocycles. The van der Waals surface area contributed by atoms with Crippen molar-refractivity contribution >= 4 is 83.6 Å². The summed E-state index contributed by atoms with van der Waals surface area (Å²) < 4.78 is 77.5. The van der Waals surface area contributed by atoms with E-state index < -0.39 is 71.9 Å². The van der Waals surface area contributed by atoms with Gasteiger partial charge in [0.2, 0.25) is 0 Å². The zero-order valence-electron chi connectivity index (χ0n) is 80.8. The third kappa shape index (κ3) is 21.3. The Morgan fingerprint density at radius 2 is 0.794 bits per heavy atom. The van der Waals surface area contributed by atoms with Gasteiger partial charge in [0.05, 0.1) is 80.3 Å². The molecule has 8 aliphatic carbocycles. The lowest BCUT2D eigenvalue weighted by Gasteiger charge is -2.48. The molecule has 0 N–H and O–H groups in total. The van der Waals surface area contributed by atoms with Crippen LogP contribution in [0.2, 0.25) is 0 Å². The van der Waals surface area contributed by atoms with Crippen molar-refractivity contribution < 1.29 is 133 Å². The zero-order valence-corrected chi connectivity index (χ0v) is 80.8. The molecule has 9 heterocycles. The monoisotopic (exact) mass is 1780 g/mol. The number of carbonyl (C=O) groups is 14. The van der Waals surface area contributed by atoms with Crippen LogP contribution in [-0.2, 0) is 133 Å². The first-order chi connectivity index (χ1) is 58.2. The Labute approximate surface area is 747 Å². The Morgan fingerprint density at radius 1 is 0.373 bits per heavy atom. The summed E-state index contributed by atoms with van der Waals surface area (Å²) >= 11 is 0. The number of hydrogen-bond donors (Lipinski definition) is 0. The van der Waals surface area contributed by atoms with E-state index in [0.29, 0.717) is 57.3 Å². The molecule has 17 rings (SSSR count). The normalized spacial score (nSPS) is 37.5. The lowest BCUT2D eigenvalue weighted by Crippen LogP contribution is -2.59. The predicted molar refractivity (Wildman–Crippen MR) is 458 cm³/mol. The number of hydrogen-bond acceptors (Lipinski definition) is 28. The summed E-state index contributed by atoms with van der Waals surface area (Å²) in [5.41, 5.74) is -7.60. The van der Waals surface area contributed by atoms with Crippen molar-refractivity contribution in [3.8, 4) is 0 Å². The van der Waals surface area contributed by atoms with E-state index in [-0.39, 0.29) is 179 Å². The standard InChI is InChI=1S/C15H22O4.C15H24O4.4C14H22O4.C12H18O4/c1-5-14(2,3)13(17)18-11-9-6-8-7-10(9)12(16)19-15(8,11)4;1-6-13(2,3)12(17)19-14(4)8-7-10-9-15(14,5)18-11(10)16;1-5-13(2,3)12(16)17-10-8-9-6-7-14(10,4)18-11(9)15;1-5-13(2,3)12(16)18-14(4)7-6-9-8-10(14)17-11(9)15;1-5-13(2,3)12(16)17-10-7-6-9-8-14(10,4)18-11(9)15;1-5-9(2)11(15)17-13(3)7-6-10-8-14(13,4)18-12(10)16;1-3-7(2)11(13)15-9-5-4-8-6-10(9)16-12(8)14/h8-11H,5-7H2,1-4H3;10H,6-9H2,1-5H3;4*9-10H,5-8H2,1-4H3;7-10H,3-6H2,1-2H3. The second-order valence-corrected chi connectivity index (χ2v) is 43.9. The van der Waals surface area contributed by atoms with Gasteiger partial charge in [0.25, 0.3) is 0 Å². The molecule has 28 nitrogen and oxygen atoms in total. The summed E-state index contributed by atoms with van der Waals surface area (Å²) in [6, 6.07) is 0. The van der Waals surface area contributed by atoms with E-state index in [4.69, 9.17) is 66.3 Å². The molecule has 28 heteroatoms. The maximum Gasteiger partial charge on any atom is 0.312 e. The summed E-state index contributed by atoms with van der Waals surface area (Å²) in [5.74, 6) is -1.97. The summed E-state index contributed by atoms with van der Waals surface area (Å²) in [7, 11) is 0. The number of fused-ring (bicyclic) bond motifs is 14. The number of esters is 14. The molecule has 17 fully saturated rings. The Kier molecular flexibility index (Phi) is 31.0. The van der Waals surface area contributed by atoms with Gasteiger partial charge in [-0.15, -0.1) is 0 Å². The van der Waals surface area contributed by atoms with Crippen LogP contribution in [-0.4, -0.2) is 165 Å². The molecule has 0 amide bonds. The molecule has 9 aliphatic heterocycles. The summed E-state index contributed by atoms with van der Waals surface area (Å²) in [6.07, 6.45) is 18.6. The third-order valence-corrected chi connectivity index (χ3v) is 32.7. The number of ether oxygens (including phenoxy) is 14. The lowest BCUT2D eigenvalue weighted by molar-refractivity contribution is -0.224. The molecule has 16 bridgehead atoms. The van der Waals surface area contributed by atoms with Gasteiger partial charge in [0.1, 0.15) is 81.4 Å². The van der Waals surface area contributed by atoms with Gasteiger partial charge in [0.15, 0.2) is 0 Å². The van der Waals surface area contributed by atoms with Crippen molar-refractivity contribution in [2.45, 2.75) is 442 Å². The fraction of sp³-hybridized carbons (Fsp3) is 0.857. The molecular weight excluding hydrogens is 1630 g/mol. The molecule has 25 atom stereocenters. The van der Waals surface area contributed by atoms with Crippen molar-refractivity contribution in [1.29, 1.82) is 0 Å². The summed E-state index contributed by atoms with van der Waals surface area (Å²) in [5, 5.41) is 0. The van der Waals surface area contributed by atoms with Gasteiger partial charge in [-0.2, -0.15) is 0 Å². The van der Waals surface area contributed by atoms with Gasteiger partial charge in [-0.05, 0) is 259 Å². The van der Waals surface area contributed by atoms with Crippen molar-refractivity contribution in [3.63, 3.8) is 0 Å². The van der Waals surface area contributed by atoms with Crippen LogP contribution in [0.4, 0.5) is 0 Å². The highest BCUT2D eigenvalue weighted by Crippen LogP contribution is 2.62. The molecule has 0 aromatic rings. The predicted octanol–water partition coefficient (Wildman–Crippen LogP) is 16.6. The van der Waals surface area contributed by atoms with E-state index in [2.05, 4.69) is 0 Å². The maximum absolute atomic E-state index is 12.3. The first kappa shape index (κ1) is 102. The topological polar surface area (TPSA) is 368 Å². The Hall–Kier alpha value is -7.42. The van der Waals surface area contributed by atoms with Crippen LogP contribution in [0.15, 0.2) is 0 Å². The van der Waals surface area contributed by atoms with Crippen LogP contribution >= 0.6 is 0 Å². The average molecular weight is 1780 g/mol. The molecular formula is C98H152O28. The minimum atomic E-state index is -0.709. The fourth-order valence-electron chi connectivity index (χ4n) is 19.3. The highest BCUT2D eigenvalue weighted by molar-refractivity contribution is 5.83. The maximum atomic E-state index is 12.3. The fourth-order valence-corrected chi connectivity index (χ4v) is 19.3. The minimum absolute atomic E-state index is 0.00383. The van der Waals surface area contributed by atoms with Crippen LogP contribution < -0.4 is 0 Å².